The van der Waals surface area contributed by atoms with Crippen molar-refractivity contribution >= 4 is 24.8 Å². The molecule has 1 heterocycles. The first-order valence-corrected chi connectivity index (χ1v) is 2.96. The van der Waals surface area contributed by atoms with E-state index in [-0.39, 0.29) is 24.8 Å². The van der Waals surface area contributed by atoms with Crippen LogP contribution >= 0.6 is 24.8 Å². The van der Waals surface area contributed by atoms with Gasteiger partial charge in [0.1, 0.15) is 0 Å². The van der Waals surface area contributed by atoms with E-state index in [9.17, 15) is 0 Å². The van der Waals surface area contributed by atoms with Gasteiger partial charge in [-0.2, -0.15) is 5.10 Å². The molecule has 3 N–H and O–H groups in total. The van der Waals surface area contributed by atoms with E-state index in [1.165, 1.54) is 0 Å². The van der Waals surface area contributed by atoms with Crippen LogP contribution in [0.1, 0.15) is 17.0 Å². The molecular weight excluding hydrogens is 185 g/mol. The van der Waals surface area contributed by atoms with Crippen LogP contribution < -0.4 is 5.73 Å². The lowest BCUT2D eigenvalue weighted by atomic mass is 10.2. The van der Waals surface area contributed by atoms with Crippen molar-refractivity contribution in [2.75, 3.05) is 0 Å². The lowest BCUT2D eigenvalue weighted by Crippen LogP contribution is -1.98. The number of nitrogens with zero attached hydrogens (tertiary/aromatic N) is 1. The van der Waals surface area contributed by atoms with Gasteiger partial charge >= 0.3 is 0 Å². The number of aromatic amines is 1. The summed E-state index contributed by atoms with van der Waals surface area (Å²) in [7, 11) is 0. The molecule has 11 heavy (non-hydrogen) atoms. The van der Waals surface area contributed by atoms with Gasteiger partial charge in [0.05, 0.1) is 5.69 Å². The van der Waals surface area contributed by atoms with Crippen molar-refractivity contribution in [1.82, 2.24) is 10.2 Å². The van der Waals surface area contributed by atoms with E-state index in [2.05, 4.69) is 10.2 Å². The molecule has 0 saturated carbocycles. The Morgan fingerprint density at radius 1 is 1.36 bits per heavy atom. The summed E-state index contributed by atoms with van der Waals surface area (Å²) < 4.78 is 0. The van der Waals surface area contributed by atoms with Crippen LogP contribution in [0, 0.1) is 13.8 Å². The van der Waals surface area contributed by atoms with Gasteiger partial charge in [-0.1, -0.05) is 0 Å². The van der Waals surface area contributed by atoms with Crippen molar-refractivity contribution in [1.29, 1.82) is 0 Å². The van der Waals surface area contributed by atoms with Crippen molar-refractivity contribution in [2.45, 2.75) is 20.4 Å². The molecule has 0 unspecified atom stereocenters. The molecule has 3 nitrogen and oxygen atoms in total. The van der Waals surface area contributed by atoms with E-state index in [0.29, 0.717) is 6.54 Å². The molecule has 0 aromatic carbocycles. The van der Waals surface area contributed by atoms with Crippen molar-refractivity contribution in [3.63, 3.8) is 0 Å². The number of hydrogen-bond acceptors (Lipinski definition) is 2. The normalized spacial score (nSPS) is 8.27. The van der Waals surface area contributed by atoms with Gasteiger partial charge in [0.25, 0.3) is 0 Å². The van der Waals surface area contributed by atoms with Crippen molar-refractivity contribution in [3.05, 3.63) is 17.0 Å². The van der Waals surface area contributed by atoms with E-state index >= 15 is 0 Å². The Morgan fingerprint density at radius 2 is 1.91 bits per heavy atom. The summed E-state index contributed by atoms with van der Waals surface area (Å²) in [4.78, 5) is 0. The number of rotatable bonds is 1. The molecule has 0 radical (unpaired) electrons. The van der Waals surface area contributed by atoms with Crippen LogP contribution in [0.2, 0.25) is 0 Å². The second kappa shape index (κ2) is 5.41. The molecule has 1 aromatic rings. The van der Waals surface area contributed by atoms with Crippen LogP contribution in [0.25, 0.3) is 0 Å². The first kappa shape index (κ1) is 13.3. The number of aromatic nitrogens is 2. The molecule has 0 spiro atoms. The Morgan fingerprint density at radius 3 is 2.09 bits per heavy atom. The monoisotopic (exact) mass is 197 g/mol. The van der Waals surface area contributed by atoms with Crippen LogP contribution in [-0.2, 0) is 6.54 Å². The molecule has 0 aliphatic heterocycles. The van der Waals surface area contributed by atoms with Gasteiger partial charge in [-0.3, -0.25) is 5.10 Å². The van der Waals surface area contributed by atoms with Gasteiger partial charge in [-0.15, -0.1) is 24.8 Å². The summed E-state index contributed by atoms with van der Waals surface area (Å²) in [5.74, 6) is 0. The number of H-pyrrole nitrogens is 1. The molecule has 1 aromatic heterocycles. The zero-order valence-corrected chi connectivity index (χ0v) is 8.18. The number of nitrogens with one attached hydrogen (secondary N) is 1. The maximum Gasteiger partial charge on any atom is 0.0638 e. The molecule has 0 fully saturated rings. The average molecular weight is 198 g/mol. The SMILES string of the molecule is Cc1n[nH]c(C)c1CN.Cl.Cl. The predicted molar refractivity (Wildman–Crippen MR) is 50.4 cm³/mol. The first-order valence-electron chi connectivity index (χ1n) is 2.96. The van der Waals surface area contributed by atoms with E-state index < -0.39 is 0 Å². The lowest BCUT2D eigenvalue weighted by Gasteiger charge is -1.91. The minimum Gasteiger partial charge on any atom is -0.326 e. The van der Waals surface area contributed by atoms with Crippen LogP contribution in [0.15, 0.2) is 0 Å². The second-order valence-corrected chi connectivity index (χ2v) is 2.12. The highest BCUT2D eigenvalue weighted by Crippen LogP contribution is 2.06. The maximum atomic E-state index is 5.44. The van der Waals surface area contributed by atoms with Gasteiger partial charge in [0.15, 0.2) is 0 Å². The highest BCUT2D eigenvalue weighted by Gasteiger charge is 2.01. The molecule has 5 heteroatoms. The third-order valence-electron chi connectivity index (χ3n) is 1.48. The summed E-state index contributed by atoms with van der Waals surface area (Å²) >= 11 is 0. The van der Waals surface area contributed by atoms with E-state index in [1.54, 1.807) is 0 Å². The maximum absolute atomic E-state index is 5.44. The quantitative estimate of drug-likeness (QED) is 0.715. The van der Waals surface area contributed by atoms with Gasteiger partial charge in [0.2, 0.25) is 0 Å². The summed E-state index contributed by atoms with van der Waals surface area (Å²) in [5.41, 5.74) is 8.66. The minimum absolute atomic E-state index is 0. The average Bonchev–Trinajstić information content (AvgIpc) is 2.12. The van der Waals surface area contributed by atoms with Crippen LogP contribution in [0.3, 0.4) is 0 Å². The number of aryl methyl sites for hydroxylation is 2. The molecule has 0 atom stereocenters. The molecular formula is C6H13Cl2N3. The van der Waals surface area contributed by atoms with E-state index in [4.69, 9.17) is 5.73 Å². The van der Waals surface area contributed by atoms with Crippen LogP contribution in [-0.4, -0.2) is 10.2 Å². The zero-order valence-electron chi connectivity index (χ0n) is 6.55. The topological polar surface area (TPSA) is 54.7 Å². The number of hydrogen-bond donors (Lipinski definition) is 2. The van der Waals surface area contributed by atoms with Crippen molar-refractivity contribution < 1.29 is 0 Å². The molecule has 0 aliphatic rings. The highest BCUT2D eigenvalue weighted by molar-refractivity contribution is 5.85. The smallest absolute Gasteiger partial charge is 0.0638 e. The van der Waals surface area contributed by atoms with Crippen LogP contribution in [0.5, 0.6) is 0 Å². The van der Waals surface area contributed by atoms with Crippen LogP contribution in [0.4, 0.5) is 0 Å². The molecule has 0 amide bonds. The van der Waals surface area contributed by atoms with E-state index in [1.807, 2.05) is 13.8 Å². The molecule has 0 bridgehead atoms. The number of nitrogens with two attached hydrogens (primary N) is 1. The number of halogens is 2. The van der Waals surface area contributed by atoms with Gasteiger partial charge < -0.3 is 5.73 Å². The zero-order chi connectivity index (χ0) is 6.85. The standard InChI is InChI=1S/C6H11N3.2ClH/c1-4-6(3-7)5(2)9-8-4;;/h3,7H2,1-2H3,(H,8,9);2*1H. The minimum atomic E-state index is 0. The summed E-state index contributed by atoms with van der Waals surface area (Å²) in [6, 6.07) is 0. The molecule has 0 aliphatic carbocycles. The first-order chi connectivity index (χ1) is 4.25. The third kappa shape index (κ3) is 2.69. The third-order valence-corrected chi connectivity index (χ3v) is 1.48. The second-order valence-electron chi connectivity index (χ2n) is 2.12. The van der Waals surface area contributed by atoms with Crippen molar-refractivity contribution in [3.8, 4) is 0 Å². The molecule has 1 rings (SSSR count). The Labute approximate surface area is 78.6 Å². The fourth-order valence-corrected chi connectivity index (χ4v) is 0.875. The summed E-state index contributed by atoms with van der Waals surface area (Å²) in [6.45, 7) is 4.50. The molecule has 0 saturated heterocycles. The predicted octanol–water partition coefficient (Wildman–Crippen LogP) is 1.33. The largest absolute Gasteiger partial charge is 0.326 e. The fraction of sp³-hybridized carbons (Fsp3) is 0.500. The summed E-state index contributed by atoms with van der Waals surface area (Å²) in [6.07, 6.45) is 0. The van der Waals surface area contributed by atoms with Gasteiger partial charge in [-0.25, -0.2) is 0 Å². The fourth-order valence-electron chi connectivity index (χ4n) is 0.875. The Hall–Kier alpha value is -0.250. The van der Waals surface area contributed by atoms with Crippen molar-refractivity contribution in [2.24, 2.45) is 5.73 Å². The Kier molecular flexibility index (Phi) is 6.56. The Balaban J connectivity index is 0. The van der Waals surface area contributed by atoms with Gasteiger partial charge in [-0.05, 0) is 13.8 Å². The highest BCUT2D eigenvalue weighted by atomic mass is 35.5. The lowest BCUT2D eigenvalue weighted by molar-refractivity contribution is 1.02. The van der Waals surface area contributed by atoms with Gasteiger partial charge in [0, 0.05) is 17.8 Å². The molecule has 66 valence electrons. The Bertz CT molecular complexity index is 190. The summed E-state index contributed by atoms with van der Waals surface area (Å²) in [5, 5.41) is 6.84. The van der Waals surface area contributed by atoms with E-state index in [0.717, 1.165) is 17.0 Å².